The summed E-state index contributed by atoms with van der Waals surface area (Å²) < 4.78 is 13.0. The number of carbonyl (C=O) groups is 1. The lowest BCUT2D eigenvalue weighted by Crippen LogP contribution is -2.23. The molecule has 80 valence electrons. The quantitative estimate of drug-likeness (QED) is 0.729. The Hall–Kier alpha value is -1.58. The molecule has 1 aromatic rings. The Balaban J connectivity index is 2.54. The van der Waals surface area contributed by atoms with Crippen LogP contribution in [0.25, 0.3) is 0 Å². The first-order valence-electron chi connectivity index (χ1n) is 4.77. The smallest absolute Gasteiger partial charge is 0.314 e. The monoisotopic (exact) mass is 209 g/mol. The average molecular weight is 209 g/mol. The summed E-state index contributed by atoms with van der Waals surface area (Å²) in [6.45, 7) is 1.83. The van der Waals surface area contributed by atoms with Crippen LogP contribution in [0, 0.1) is 11.7 Å². The largest absolute Gasteiger partial charge is 0.481 e. The zero-order chi connectivity index (χ0) is 11.2. The van der Waals surface area contributed by atoms with Crippen molar-refractivity contribution < 1.29 is 14.3 Å². The number of hydrogen-bond donors (Lipinski definition) is 2. The lowest BCUT2D eigenvalue weighted by atomic mass is 9.92. The summed E-state index contributed by atoms with van der Waals surface area (Å²) >= 11 is 0. The SMILES string of the molecule is CC1CC1(C(=O)O)c1cc(F)ccc1N. The van der Waals surface area contributed by atoms with Crippen molar-refractivity contribution in [2.45, 2.75) is 18.8 Å². The van der Waals surface area contributed by atoms with Crippen molar-refractivity contribution in [3.05, 3.63) is 29.6 Å². The predicted molar refractivity (Wildman–Crippen MR) is 53.9 cm³/mol. The summed E-state index contributed by atoms with van der Waals surface area (Å²) in [6.07, 6.45) is 0.524. The number of carboxylic acid groups (broad SMARTS) is 1. The zero-order valence-electron chi connectivity index (χ0n) is 8.33. The lowest BCUT2D eigenvalue weighted by molar-refractivity contribution is -0.140. The first-order chi connectivity index (χ1) is 6.98. The molecule has 2 atom stereocenters. The van der Waals surface area contributed by atoms with E-state index in [9.17, 15) is 9.18 Å². The molecule has 0 amide bonds. The molecule has 0 radical (unpaired) electrons. The number of hydrogen-bond acceptors (Lipinski definition) is 2. The van der Waals surface area contributed by atoms with Crippen LogP contribution >= 0.6 is 0 Å². The van der Waals surface area contributed by atoms with Crippen molar-refractivity contribution in [3.8, 4) is 0 Å². The summed E-state index contributed by atoms with van der Waals surface area (Å²) in [7, 11) is 0. The van der Waals surface area contributed by atoms with E-state index in [1.807, 2.05) is 6.92 Å². The van der Waals surface area contributed by atoms with Crippen LogP contribution in [-0.2, 0) is 10.2 Å². The van der Waals surface area contributed by atoms with Crippen LogP contribution in [0.3, 0.4) is 0 Å². The van der Waals surface area contributed by atoms with Crippen LogP contribution < -0.4 is 5.73 Å². The van der Waals surface area contributed by atoms with Crippen molar-refractivity contribution >= 4 is 11.7 Å². The van der Waals surface area contributed by atoms with Gasteiger partial charge in [0.05, 0.1) is 5.41 Å². The molecule has 0 bridgehead atoms. The van der Waals surface area contributed by atoms with Gasteiger partial charge in [-0.2, -0.15) is 0 Å². The Morgan fingerprint density at radius 2 is 2.27 bits per heavy atom. The third-order valence-electron chi connectivity index (χ3n) is 3.19. The first-order valence-corrected chi connectivity index (χ1v) is 4.77. The van der Waals surface area contributed by atoms with Gasteiger partial charge in [0, 0.05) is 5.69 Å². The molecule has 1 aromatic carbocycles. The summed E-state index contributed by atoms with van der Waals surface area (Å²) in [5.41, 5.74) is 5.47. The van der Waals surface area contributed by atoms with Crippen LogP contribution in [0.1, 0.15) is 18.9 Å². The van der Waals surface area contributed by atoms with Crippen LogP contribution in [-0.4, -0.2) is 11.1 Å². The van der Waals surface area contributed by atoms with Crippen molar-refractivity contribution in [1.29, 1.82) is 0 Å². The Morgan fingerprint density at radius 3 is 2.73 bits per heavy atom. The molecular weight excluding hydrogens is 197 g/mol. The molecule has 1 saturated carbocycles. The second-order valence-electron chi connectivity index (χ2n) is 4.11. The zero-order valence-corrected chi connectivity index (χ0v) is 8.33. The van der Waals surface area contributed by atoms with E-state index >= 15 is 0 Å². The van der Waals surface area contributed by atoms with E-state index in [0.717, 1.165) is 0 Å². The van der Waals surface area contributed by atoms with Crippen LogP contribution in [0.15, 0.2) is 18.2 Å². The summed E-state index contributed by atoms with van der Waals surface area (Å²) in [5.74, 6) is -1.36. The number of aliphatic carboxylic acids is 1. The van der Waals surface area contributed by atoms with Gasteiger partial charge >= 0.3 is 5.97 Å². The molecule has 0 aromatic heterocycles. The van der Waals surface area contributed by atoms with E-state index in [1.54, 1.807) is 0 Å². The minimum Gasteiger partial charge on any atom is -0.481 e. The van der Waals surface area contributed by atoms with Gasteiger partial charge in [-0.15, -0.1) is 0 Å². The molecule has 4 heteroatoms. The number of halogens is 1. The van der Waals surface area contributed by atoms with E-state index in [0.29, 0.717) is 17.7 Å². The highest BCUT2D eigenvalue weighted by Gasteiger charge is 2.59. The van der Waals surface area contributed by atoms with E-state index in [2.05, 4.69) is 0 Å². The van der Waals surface area contributed by atoms with Crippen molar-refractivity contribution in [3.63, 3.8) is 0 Å². The van der Waals surface area contributed by atoms with Gasteiger partial charge in [-0.1, -0.05) is 6.92 Å². The molecule has 0 aliphatic heterocycles. The number of anilines is 1. The highest BCUT2D eigenvalue weighted by Crippen LogP contribution is 2.55. The number of benzene rings is 1. The van der Waals surface area contributed by atoms with Gasteiger partial charge in [0.2, 0.25) is 0 Å². The van der Waals surface area contributed by atoms with Gasteiger partial charge < -0.3 is 10.8 Å². The summed E-state index contributed by atoms with van der Waals surface area (Å²) in [5, 5.41) is 9.16. The van der Waals surface area contributed by atoms with Crippen molar-refractivity contribution in [2.24, 2.45) is 5.92 Å². The van der Waals surface area contributed by atoms with Gasteiger partial charge in [-0.25, -0.2) is 4.39 Å². The first kappa shape index (κ1) is 9.96. The number of nitrogen functional groups attached to an aromatic ring is 1. The van der Waals surface area contributed by atoms with E-state index in [1.165, 1.54) is 18.2 Å². The molecule has 3 nitrogen and oxygen atoms in total. The standard InChI is InChI=1S/C11H12FNO2/c1-6-5-11(6,10(14)15)8-4-7(12)2-3-9(8)13/h2-4,6H,5,13H2,1H3,(H,14,15). The van der Waals surface area contributed by atoms with Crippen molar-refractivity contribution in [2.75, 3.05) is 5.73 Å². The maximum atomic E-state index is 13.0. The Bertz CT molecular complexity index is 433. The molecule has 2 unspecified atom stereocenters. The molecule has 1 aliphatic rings. The third-order valence-corrected chi connectivity index (χ3v) is 3.19. The van der Waals surface area contributed by atoms with Gasteiger partial charge in [-0.05, 0) is 36.1 Å². The van der Waals surface area contributed by atoms with E-state index < -0.39 is 17.2 Å². The number of nitrogens with two attached hydrogens (primary N) is 1. The maximum Gasteiger partial charge on any atom is 0.314 e. The molecule has 0 heterocycles. The minimum absolute atomic E-state index is 0.0131. The fraction of sp³-hybridized carbons (Fsp3) is 0.364. The summed E-state index contributed by atoms with van der Waals surface area (Å²) in [4.78, 5) is 11.2. The van der Waals surface area contributed by atoms with Gasteiger partial charge in [0.1, 0.15) is 5.82 Å². The fourth-order valence-electron chi connectivity index (χ4n) is 2.13. The molecule has 0 spiro atoms. The molecule has 1 fully saturated rings. The van der Waals surface area contributed by atoms with Gasteiger partial charge in [-0.3, -0.25) is 4.79 Å². The Kier molecular flexibility index (Phi) is 1.96. The average Bonchev–Trinajstić information content (AvgIpc) is 2.83. The van der Waals surface area contributed by atoms with Crippen LogP contribution in [0.2, 0.25) is 0 Å². The maximum absolute atomic E-state index is 13.0. The lowest BCUT2D eigenvalue weighted by Gasteiger charge is -2.14. The summed E-state index contributed by atoms with van der Waals surface area (Å²) in [6, 6.07) is 3.88. The molecule has 15 heavy (non-hydrogen) atoms. The fourth-order valence-corrected chi connectivity index (χ4v) is 2.13. The Labute approximate surface area is 86.7 Å². The van der Waals surface area contributed by atoms with Gasteiger partial charge in [0.15, 0.2) is 0 Å². The predicted octanol–water partition coefficient (Wildman–Crippen LogP) is 1.77. The van der Waals surface area contributed by atoms with Crippen molar-refractivity contribution in [1.82, 2.24) is 0 Å². The highest BCUT2D eigenvalue weighted by atomic mass is 19.1. The highest BCUT2D eigenvalue weighted by molar-refractivity contribution is 5.87. The van der Waals surface area contributed by atoms with Gasteiger partial charge in [0.25, 0.3) is 0 Å². The minimum atomic E-state index is -0.966. The molecule has 3 N–H and O–H groups in total. The normalized spacial score (nSPS) is 28.8. The molecule has 1 aliphatic carbocycles. The van der Waals surface area contributed by atoms with Crippen LogP contribution in [0.5, 0.6) is 0 Å². The molecule has 0 saturated heterocycles. The second kappa shape index (κ2) is 2.95. The molecular formula is C11H12FNO2. The number of rotatable bonds is 2. The molecule has 2 rings (SSSR count). The van der Waals surface area contributed by atoms with Crippen LogP contribution in [0.4, 0.5) is 10.1 Å². The Morgan fingerprint density at radius 1 is 1.67 bits per heavy atom. The van der Waals surface area contributed by atoms with E-state index in [4.69, 9.17) is 10.8 Å². The second-order valence-corrected chi connectivity index (χ2v) is 4.11. The topological polar surface area (TPSA) is 63.3 Å². The van der Waals surface area contributed by atoms with E-state index in [-0.39, 0.29) is 5.92 Å². The third kappa shape index (κ3) is 1.28. The number of carboxylic acids is 1.